The molecule has 1 spiro atoms. The summed E-state index contributed by atoms with van der Waals surface area (Å²) in [5.41, 5.74) is 0.412. The second-order valence-electron chi connectivity index (χ2n) is 6.75. The molecule has 2 aliphatic rings. The van der Waals surface area contributed by atoms with Gasteiger partial charge in [-0.2, -0.15) is 0 Å². The van der Waals surface area contributed by atoms with Crippen molar-refractivity contribution >= 4 is 5.91 Å². The van der Waals surface area contributed by atoms with Gasteiger partial charge in [0, 0.05) is 18.5 Å². The van der Waals surface area contributed by atoms with E-state index in [1.807, 2.05) is 20.8 Å². The van der Waals surface area contributed by atoms with Gasteiger partial charge >= 0.3 is 0 Å². The van der Waals surface area contributed by atoms with Crippen LogP contribution >= 0.6 is 0 Å². The molecule has 0 bridgehead atoms. The molecule has 2 fully saturated rings. The van der Waals surface area contributed by atoms with Gasteiger partial charge in [0.1, 0.15) is 0 Å². The van der Waals surface area contributed by atoms with Crippen LogP contribution in [0, 0.1) is 10.8 Å². The third-order valence-electron chi connectivity index (χ3n) is 4.42. The van der Waals surface area contributed by atoms with Crippen LogP contribution in [0.1, 0.15) is 59.3 Å². The molecule has 1 aliphatic carbocycles. The zero-order chi connectivity index (χ0) is 11.8. The van der Waals surface area contributed by atoms with Crippen molar-refractivity contribution in [3.8, 4) is 0 Å². The molecule has 2 nitrogen and oxygen atoms in total. The van der Waals surface area contributed by atoms with Crippen LogP contribution in [0.3, 0.4) is 0 Å². The summed E-state index contributed by atoms with van der Waals surface area (Å²) in [5, 5.41) is 0. The number of carbonyl (C=O) groups excluding carboxylic acids is 1. The Morgan fingerprint density at radius 3 is 1.94 bits per heavy atom. The Labute approximate surface area is 99.4 Å². The fourth-order valence-corrected chi connectivity index (χ4v) is 3.28. The normalized spacial score (nSPS) is 25.1. The fraction of sp³-hybridized carbons (Fsp3) is 0.929. The molecular weight excluding hydrogens is 198 g/mol. The van der Waals surface area contributed by atoms with Crippen molar-refractivity contribution in [3.63, 3.8) is 0 Å². The molecule has 0 N–H and O–H groups in total. The molecule has 2 rings (SSSR count). The highest BCUT2D eigenvalue weighted by atomic mass is 16.2. The van der Waals surface area contributed by atoms with E-state index < -0.39 is 0 Å². The molecule has 1 saturated carbocycles. The lowest BCUT2D eigenvalue weighted by atomic mass is 9.76. The predicted molar refractivity (Wildman–Crippen MR) is 66.2 cm³/mol. The minimum atomic E-state index is -0.208. The first-order valence-corrected chi connectivity index (χ1v) is 6.72. The van der Waals surface area contributed by atoms with E-state index >= 15 is 0 Å². The number of hydrogen-bond acceptors (Lipinski definition) is 1. The SMILES string of the molecule is CC(C)(C)C(=O)N1CCC2(CCCC2)CC1. The summed E-state index contributed by atoms with van der Waals surface area (Å²) >= 11 is 0. The van der Waals surface area contributed by atoms with Gasteiger partial charge in [0.15, 0.2) is 0 Å². The van der Waals surface area contributed by atoms with Gasteiger partial charge in [-0.25, -0.2) is 0 Å². The average Bonchev–Trinajstić information content (AvgIpc) is 2.66. The Kier molecular flexibility index (Phi) is 3.02. The van der Waals surface area contributed by atoms with Crippen LogP contribution in [0.15, 0.2) is 0 Å². The van der Waals surface area contributed by atoms with Crippen molar-refractivity contribution in [3.05, 3.63) is 0 Å². The van der Waals surface area contributed by atoms with E-state index in [-0.39, 0.29) is 5.41 Å². The van der Waals surface area contributed by atoms with Crippen LogP contribution < -0.4 is 0 Å². The Balaban J connectivity index is 1.92. The molecule has 0 aromatic rings. The number of amides is 1. The second-order valence-corrected chi connectivity index (χ2v) is 6.75. The summed E-state index contributed by atoms with van der Waals surface area (Å²) in [4.78, 5) is 14.2. The van der Waals surface area contributed by atoms with Crippen LogP contribution in [0.4, 0.5) is 0 Å². The minimum absolute atomic E-state index is 0.208. The maximum atomic E-state index is 12.1. The van der Waals surface area contributed by atoms with E-state index in [4.69, 9.17) is 0 Å². The second kappa shape index (κ2) is 4.05. The molecule has 0 unspecified atom stereocenters. The summed E-state index contributed by atoms with van der Waals surface area (Å²) in [7, 11) is 0. The minimum Gasteiger partial charge on any atom is -0.342 e. The molecular formula is C14H25NO. The van der Waals surface area contributed by atoms with Crippen LogP contribution in [-0.2, 0) is 4.79 Å². The van der Waals surface area contributed by atoms with Crippen LogP contribution in [-0.4, -0.2) is 23.9 Å². The molecule has 16 heavy (non-hydrogen) atoms. The maximum absolute atomic E-state index is 12.1. The van der Waals surface area contributed by atoms with E-state index in [9.17, 15) is 4.79 Å². The molecule has 0 radical (unpaired) electrons. The standard InChI is InChI=1S/C14H25NO/c1-13(2,3)12(16)15-10-8-14(9-11-15)6-4-5-7-14/h4-11H2,1-3H3. The summed E-state index contributed by atoms with van der Waals surface area (Å²) in [6.07, 6.45) is 8.12. The van der Waals surface area contributed by atoms with E-state index in [2.05, 4.69) is 4.90 Å². The topological polar surface area (TPSA) is 20.3 Å². The number of carbonyl (C=O) groups is 1. The third-order valence-corrected chi connectivity index (χ3v) is 4.42. The van der Waals surface area contributed by atoms with Crippen molar-refractivity contribution in [2.45, 2.75) is 59.3 Å². The summed E-state index contributed by atoms with van der Waals surface area (Å²) in [6.45, 7) is 8.06. The zero-order valence-corrected chi connectivity index (χ0v) is 11.0. The van der Waals surface area contributed by atoms with Gasteiger partial charge in [-0.05, 0) is 31.1 Å². The largest absolute Gasteiger partial charge is 0.342 e. The molecule has 1 saturated heterocycles. The molecule has 1 heterocycles. The lowest BCUT2D eigenvalue weighted by Gasteiger charge is -2.41. The number of piperidine rings is 1. The molecule has 0 aromatic carbocycles. The van der Waals surface area contributed by atoms with Crippen molar-refractivity contribution in [2.24, 2.45) is 10.8 Å². The van der Waals surface area contributed by atoms with Crippen molar-refractivity contribution < 1.29 is 4.79 Å². The van der Waals surface area contributed by atoms with Crippen molar-refractivity contribution in [2.75, 3.05) is 13.1 Å². The fourth-order valence-electron chi connectivity index (χ4n) is 3.28. The number of rotatable bonds is 0. The zero-order valence-electron chi connectivity index (χ0n) is 11.0. The van der Waals surface area contributed by atoms with E-state index in [1.165, 1.54) is 38.5 Å². The Hall–Kier alpha value is -0.530. The van der Waals surface area contributed by atoms with Gasteiger partial charge in [-0.1, -0.05) is 33.6 Å². The Morgan fingerprint density at radius 1 is 1.00 bits per heavy atom. The highest BCUT2D eigenvalue weighted by Gasteiger charge is 2.39. The lowest BCUT2D eigenvalue weighted by molar-refractivity contribution is -0.141. The smallest absolute Gasteiger partial charge is 0.227 e. The van der Waals surface area contributed by atoms with Crippen LogP contribution in [0.25, 0.3) is 0 Å². The van der Waals surface area contributed by atoms with E-state index in [0.29, 0.717) is 11.3 Å². The molecule has 0 atom stereocenters. The Morgan fingerprint density at radius 2 is 1.50 bits per heavy atom. The van der Waals surface area contributed by atoms with Crippen molar-refractivity contribution in [1.82, 2.24) is 4.90 Å². The first-order valence-electron chi connectivity index (χ1n) is 6.72. The van der Waals surface area contributed by atoms with Gasteiger partial charge in [0.05, 0.1) is 0 Å². The van der Waals surface area contributed by atoms with E-state index in [1.54, 1.807) is 0 Å². The molecule has 92 valence electrons. The first kappa shape index (κ1) is 11.9. The number of likely N-dealkylation sites (tertiary alicyclic amines) is 1. The molecule has 1 aliphatic heterocycles. The van der Waals surface area contributed by atoms with Crippen LogP contribution in [0.2, 0.25) is 0 Å². The lowest BCUT2D eigenvalue weighted by Crippen LogP contribution is -2.46. The number of hydrogen-bond donors (Lipinski definition) is 0. The summed E-state index contributed by atoms with van der Waals surface area (Å²) in [5.74, 6) is 0.334. The monoisotopic (exact) mass is 223 g/mol. The Bertz CT molecular complexity index is 261. The average molecular weight is 223 g/mol. The van der Waals surface area contributed by atoms with Gasteiger partial charge < -0.3 is 4.90 Å². The summed E-state index contributed by atoms with van der Waals surface area (Å²) in [6, 6.07) is 0. The van der Waals surface area contributed by atoms with Crippen LogP contribution in [0.5, 0.6) is 0 Å². The van der Waals surface area contributed by atoms with Gasteiger partial charge in [0.25, 0.3) is 0 Å². The quantitative estimate of drug-likeness (QED) is 0.617. The maximum Gasteiger partial charge on any atom is 0.227 e. The highest BCUT2D eigenvalue weighted by molar-refractivity contribution is 5.81. The predicted octanol–water partition coefficient (Wildman–Crippen LogP) is 3.22. The summed E-state index contributed by atoms with van der Waals surface area (Å²) < 4.78 is 0. The molecule has 2 heteroatoms. The third kappa shape index (κ3) is 2.26. The molecule has 1 amide bonds. The van der Waals surface area contributed by atoms with Gasteiger partial charge in [0.2, 0.25) is 5.91 Å². The number of nitrogens with zero attached hydrogens (tertiary/aromatic N) is 1. The van der Waals surface area contributed by atoms with Gasteiger partial charge in [-0.3, -0.25) is 4.79 Å². The van der Waals surface area contributed by atoms with E-state index in [0.717, 1.165) is 13.1 Å². The molecule has 0 aromatic heterocycles. The van der Waals surface area contributed by atoms with Crippen molar-refractivity contribution in [1.29, 1.82) is 0 Å². The van der Waals surface area contributed by atoms with Gasteiger partial charge in [-0.15, -0.1) is 0 Å². The first-order chi connectivity index (χ1) is 7.43. The highest BCUT2D eigenvalue weighted by Crippen LogP contribution is 2.46.